The Kier molecular flexibility index (Phi) is 5.90. The van der Waals surface area contributed by atoms with Gasteiger partial charge in [0, 0.05) is 19.3 Å². The van der Waals surface area contributed by atoms with Crippen molar-refractivity contribution in [3.05, 3.63) is 96.1 Å². The summed E-state index contributed by atoms with van der Waals surface area (Å²) in [5.74, 6) is -0.259. The van der Waals surface area contributed by atoms with E-state index in [1.165, 1.54) is 30.7 Å². The molecule has 5 rings (SSSR count). The second kappa shape index (κ2) is 8.90. The number of sulfone groups is 1. The third-order valence-electron chi connectivity index (χ3n) is 5.98. The van der Waals surface area contributed by atoms with Gasteiger partial charge in [-0.15, -0.1) is 0 Å². The molecular weight excluding hydrogens is 475 g/mol. The van der Waals surface area contributed by atoms with Crippen molar-refractivity contribution < 1.29 is 21.6 Å². The minimum absolute atomic E-state index is 0.149. The van der Waals surface area contributed by atoms with Crippen LogP contribution in [0.25, 0.3) is 27.5 Å². The topological polar surface area (TPSA) is 72.0 Å². The van der Waals surface area contributed by atoms with Crippen LogP contribution in [0.4, 0.5) is 13.2 Å². The van der Waals surface area contributed by atoms with Gasteiger partial charge in [0.1, 0.15) is 6.33 Å². The van der Waals surface area contributed by atoms with Crippen molar-refractivity contribution in [2.45, 2.75) is 16.8 Å². The highest BCUT2D eigenvalue weighted by Crippen LogP contribution is 2.39. The molecule has 0 amide bonds. The molecule has 0 fully saturated rings. The summed E-state index contributed by atoms with van der Waals surface area (Å²) in [5.41, 5.74) is 2.39. The molecule has 0 spiro atoms. The van der Waals surface area contributed by atoms with Crippen LogP contribution in [-0.4, -0.2) is 31.5 Å². The number of nitrogens with one attached hydrogen (secondary N) is 1. The Labute approximate surface area is 200 Å². The summed E-state index contributed by atoms with van der Waals surface area (Å²) in [6.07, 6.45) is 0.226. The van der Waals surface area contributed by atoms with E-state index in [9.17, 15) is 21.6 Å². The molecule has 178 valence electrons. The number of alkyl halides is 3. The molecule has 2 heterocycles. The van der Waals surface area contributed by atoms with Crippen LogP contribution in [0.2, 0.25) is 0 Å². The van der Waals surface area contributed by atoms with Gasteiger partial charge in [0.2, 0.25) is 0 Å². The number of hydrogen-bond acceptors (Lipinski definition) is 5. The maximum atomic E-state index is 13.5. The molecule has 5 nitrogen and oxygen atoms in total. The van der Waals surface area contributed by atoms with Crippen LogP contribution in [0, 0.1) is 0 Å². The van der Waals surface area contributed by atoms with E-state index >= 15 is 0 Å². The zero-order chi connectivity index (χ0) is 24.6. The van der Waals surface area contributed by atoms with Gasteiger partial charge in [-0.1, -0.05) is 36.4 Å². The van der Waals surface area contributed by atoms with Crippen molar-refractivity contribution in [1.82, 2.24) is 15.3 Å². The van der Waals surface area contributed by atoms with Crippen molar-refractivity contribution >= 4 is 26.2 Å². The second-order valence-electron chi connectivity index (χ2n) is 8.27. The SMILES string of the molecule is O=S(=O)(Cc1ccncn1)c1ccc2c(-c3ccc(C(F)(F)F)cc3C3=CCNC3)cccc2c1. The van der Waals surface area contributed by atoms with E-state index in [0.29, 0.717) is 35.3 Å². The lowest BCUT2D eigenvalue weighted by Gasteiger charge is -2.17. The Morgan fingerprint density at radius 1 is 0.943 bits per heavy atom. The van der Waals surface area contributed by atoms with E-state index in [2.05, 4.69) is 15.3 Å². The minimum atomic E-state index is -4.45. The number of nitrogens with zero attached hydrogens (tertiary/aromatic N) is 2. The van der Waals surface area contributed by atoms with Crippen molar-refractivity contribution in [1.29, 1.82) is 0 Å². The van der Waals surface area contributed by atoms with Crippen molar-refractivity contribution in [2.24, 2.45) is 0 Å². The summed E-state index contributed by atoms with van der Waals surface area (Å²) >= 11 is 0. The van der Waals surface area contributed by atoms with E-state index in [0.717, 1.165) is 22.6 Å². The van der Waals surface area contributed by atoms with Gasteiger partial charge in [-0.25, -0.2) is 18.4 Å². The Balaban J connectivity index is 1.61. The fourth-order valence-electron chi connectivity index (χ4n) is 4.27. The molecule has 1 aliphatic heterocycles. The predicted molar refractivity (Wildman–Crippen MR) is 128 cm³/mol. The highest BCUT2D eigenvalue weighted by atomic mass is 32.2. The lowest BCUT2D eigenvalue weighted by atomic mass is 9.90. The number of benzene rings is 3. The van der Waals surface area contributed by atoms with Crippen molar-refractivity contribution in [2.75, 3.05) is 13.1 Å². The predicted octanol–water partition coefficient (Wildman–Crippen LogP) is 5.28. The molecule has 1 aromatic heterocycles. The third kappa shape index (κ3) is 4.69. The van der Waals surface area contributed by atoms with E-state index in [1.54, 1.807) is 30.3 Å². The van der Waals surface area contributed by atoms with Gasteiger partial charge < -0.3 is 5.32 Å². The van der Waals surface area contributed by atoms with Crippen LogP contribution in [0.3, 0.4) is 0 Å². The summed E-state index contributed by atoms with van der Waals surface area (Å²) in [6.45, 7) is 1.07. The summed E-state index contributed by atoms with van der Waals surface area (Å²) in [7, 11) is -3.66. The third-order valence-corrected chi connectivity index (χ3v) is 7.63. The standard InChI is InChI=1S/C26H20F3N3O2S/c27-26(28,29)19-4-6-24(25(13-19)18-8-10-30-14-18)23-3-1-2-17-12-21(5-7-22(17)23)35(33,34)15-20-9-11-31-16-32-20/h1-9,11-13,16,30H,10,14-15H2. The Hall–Kier alpha value is -3.56. The molecule has 0 aliphatic carbocycles. The molecule has 0 radical (unpaired) electrons. The molecule has 0 atom stereocenters. The van der Waals surface area contributed by atoms with Gasteiger partial charge >= 0.3 is 6.18 Å². The first-order valence-electron chi connectivity index (χ1n) is 10.8. The van der Waals surface area contributed by atoms with Crippen LogP contribution < -0.4 is 5.32 Å². The summed E-state index contributed by atoms with van der Waals surface area (Å²) in [6, 6.07) is 15.6. The largest absolute Gasteiger partial charge is 0.416 e. The summed E-state index contributed by atoms with van der Waals surface area (Å²) in [5, 5.41) is 4.57. The van der Waals surface area contributed by atoms with E-state index in [1.807, 2.05) is 12.1 Å². The number of hydrogen-bond donors (Lipinski definition) is 1. The quantitative estimate of drug-likeness (QED) is 0.408. The highest BCUT2D eigenvalue weighted by Gasteiger charge is 2.31. The number of halogens is 3. The Morgan fingerprint density at radius 2 is 1.80 bits per heavy atom. The van der Waals surface area contributed by atoms with Gasteiger partial charge in [0.05, 0.1) is 21.9 Å². The average molecular weight is 496 g/mol. The normalized spacial score (nSPS) is 14.3. The van der Waals surface area contributed by atoms with Crippen LogP contribution in [-0.2, 0) is 21.8 Å². The molecule has 0 bridgehead atoms. The van der Waals surface area contributed by atoms with Crippen LogP contribution in [0.1, 0.15) is 16.8 Å². The van der Waals surface area contributed by atoms with E-state index in [-0.39, 0.29) is 10.6 Å². The first-order chi connectivity index (χ1) is 16.7. The average Bonchev–Trinajstić information content (AvgIpc) is 3.38. The molecule has 0 saturated heterocycles. The van der Waals surface area contributed by atoms with Crippen molar-refractivity contribution in [3.8, 4) is 11.1 Å². The van der Waals surface area contributed by atoms with Crippen molar-refractivity contribution in [3.63, 3.8) is 0 Å². The lowest BCUT2D eigenvalue weighted by molar-refractivity contribution is -0.137. The molecule has 0 unspecified atom stereocenters. The molecule has 35 heavy (non-hydrogen) atoms. The summed E-state index contributed by atoms with van der Waals surface area (Å²) in [4.78, 5) is 7.95. The first-order valence-corrected chi connectivity index (χ1v) is 12.5. The monoisotopic (exact) mass is 495 g/mol. The first kappa shape index (κ1) is 23.2. The van der Waals surface area contributed by atoms with E-state index < -0.39 is 21.6 Å². The molecule has 1 N–H and O–H groups in total. The minimum Gasteiger partial charge on any atom is -0.309 e. The van der Waals surface area contributed by atoms with Crippen LogP contribution in [0.5, 0.6) is 0 Å². The molecule has 9 heteroatoms. The van der Waals surface area contributed by atoms with Crippen LogP contribution in [0.15, 0.2) is 84.2 Å². The zero-order valence-corrected chi connectivity index (χ0v) is 19.2. The number of fused-ring (bicyclic) bond motifs is 1. The fourth-order valence-corrected chi connectivity index (χ4v) is 5.58. The highest BCUT2D eigenvalue weighted by molar-refractivity contribution is 7.90. The molecule has 0 saturated carbocycles. The smallest absolute Gasteiger partial charge is 0.309 e. The van der Waals surface area contributed by atoms with Gasteiger partial charge in [-0.2, -0.15) is 13.2 Å². The van der Waals surface area contributed by atoms with E-state index in [4.69, 9.17) is 0 Å². The maximum absolute atomic E-state index is 13.5. The fraction of sp³-hybridized carbons (Fsp3) is 0.154. The maximum Gasteiger partial charge on any atom is 0.416 e. The Bertz CT molecular complexity index is 1550. The molecular formula is C26H20F3N3O2S. The van der Waals surface area contributed by atoms with Crippen LogP contribution >= 0.6 is 0 Å². The number of rotatable bonds is 5. The van der Waals surface area contributed by atoms with Gasteiger partial charge in [-0.05, 0) is 63.4 Å². The zero-order valence-electron chi connectivity index (χ0n) is 18.4. The second-order valence-corrected chi connectivity index (χ2v) is 10.3. The van der Waals surface area contributed by atoms with Gasteiger partial charge in [0.15, 0.2) is 9.84 Å². The lowest BCUT2D eigenvalue weighted by Crippen LogP contribution is -2.09. The molecule has 1 aliphatic rings. The summed E-state index contributed by atoms with van der Waals surface area (Å²) < 4.78 is 66.3. The van der Waals surface area contributed by atoms with Gasteiger partial charge in [-0.3, -0.25) is 0 Å². The van der Waals surface area contributed by atoms with Gasteiger partial charge in [0.25, 0.3) is 0 Å². The Morgan fingerprint density at radius 3 is 2.51 bits per heavy atom. The molecule has 4 aromatic rings. The number of aromatic nitrogens is 2. The molecule has 3 aromatic carbocycles.